The number of carbonyl (C=O) groups is 5. The molecule has 5 atom stereocenters. The monoisotopic (exact) mass is 482 g/mol. The molecule has 0 aromatic rings. The lowest BCUT2D eigenvalue weighted by Gasteiger charge is -2.27. The smallest absolute Gasteiger partial charge is 0.330 e. The average molecular weight is 483 g/mol. The van der Waals surface area contributed by atoms with E-state index in [4.69, 9.17) is 4.74 Å². The van der Waals surface area contributed by atoms with Crippen LogP contribution in [0.3, 0.4) is 0 Å². The maximum atomic E-state index is 13.1. The highest BCUT2D eigenvalue weighted by Crippen LogP contribution is 2.17. The van der Waals surface area contributed by atoms with Gasteiger partial charge < -0.3 is 31.1 Å². The predicted molar refractivity (Wildman–Crippen MR) is 124 cm³/mol. The molecule has 0 spiro atoms. The fraction of sp³-hybridized carbons (Fsp3) is 0.696. The van der Waals surface area contributed by atoms with E-state index in [9.17, 15) is 29.1 Å². The molecule has 2 unspecified atom stereocenters. The molecule has 0 aliphatic carbocycles. The second-order valence-electron chi connectivity index (χ2n) is 8.85. The normalized spacial score (nSPS) is 19.1. The highest BCUT2D eigenvalue weighted by atomic mass is 16.5. The van der Waals surface area contributed by atoms with Gasteiger partial charge in [0.15, 0.2) is 0 Å². The van der Waals surface area contributed by atoms with E-state index in [2.05, 4.69) is 21.3 Å². The second kappa shape index (κ2) is 14.3. The number of aliphatic hydroxyl groups is 1. The topological polar surface area (TPSA) is 163 Å². The van der Waals surface area contributed by atoms with Gasteiger partial charge in [0.2, 0.25) is 23.6 Å². The zero-order valence-corrected chi connectivity index (χ0v) is 20.6. The lowest BCUT2D eigenvalue weighted by Crippen LogP contribution is -2.57. The van der Waals surface area contributed by atoms with Gasteiger partial charge in [-0.05, 0) is 39.0 Å². The van der Waals surface area contributed by atoms with Crippen LogP contribution in [-0.4, -0.2) is 72.1 Å². The van der Waals surface area contributed by atoms with Crippen molar-refractivity contribution in [1.29, 1.82) is 0 Å². The third kappa shape index (κ3) is 10.3. The Hall–Kier alpha value is -2.95. The molecule has 0 bridgehead atoms. The van der Waals surface area contributed by atoms with E-state index in [0.717, 1.165) is 0 Å². The fourth-order valence-electron chi connectivity index (χ4n) is 3.62. The van der Waals surface area contributed by atoms with Gasteiger partial charge in [-0.15, -0.1) is 0 Å². The first kappa shape index (κ1) is 29.1. The lowest BCUT2D eigenvalue weighted by atomic mass is 9.96. The molecule has 34 heavy (non-hydrogen) atoms. The number of ether oxygens (including phenoxy) is 1. The largest absolute Gasteiger partial charge is 0.463 e. The van der Waals surface area contributed by atoms with Crippen molar-refractivity contribution in [2.45, 2.75) is 78.1 Å². The van der Waals surface area contributed by atoms with Gasteiger partial charge >= 0.3 is 5.97 Å². The predicted octanol–water partition coefficient (Wildman–Crippen LogP) is -0.467. The molecule has 0 saturated carbocycles. The van der Waals surface area contributed by atoms with Crippen LogP contribution in [0.1, 0.15) is 53.9 Å². The summed E-state index contributed by atoms with van der Waals surface area (Å²) in [5, 5.41) is 20.4. The van der Waals surface area contributed by atoms with E-state index >= 15 is 0 Å². The molecule has 1 heterocycles. The third-order valence-corrected chi connectivity index (χ3v) is 5.24. The number of hydrogen-bond donors (Lipinski definition) is 5. The van der Waals surface area contributed by atoms with E-state index in [1.165, 1.54) is 26.0 Å². The Balaban J connectivity index is 3.02. The fourth-order valence-corrected chi connectivity index (χ4v) is 3.62. The van der Waals surface area contributed by atoms with Crippen LogP contribution >= 0.6 is 0 Å². The van der Waals surface area contributed by atoms with Crippen molar-refractivity contribution >= 4 is 29.6 Å². The Morgan fingerprint density at radius 1 is 1.15 bits per heavy atom. The number of rotatable bonds is 13. The van der Waals surface area contributed by atoms with Crippen LogP contribution in [0.25, 0.3) is 0 Å². The molecule has 4 amide bonds. The first-order valence-electron chi connectivity index (χ1n) is 11.6. The van der Waals surface area contributed by atoms with Crippen LogP contribution < -0.4 is 21.3 Å². The van der Waals surface area contributed by atoms with Gasteiger partial charge in [0.1, 0.15) is 12.1 Å². The summed E-state index contributed by atoms with van der Waals surface area (Å²) in [5.41, 5.74) is 0. The Kier molecular flexibility index (Phi) is 12.3. The Morgan fingerprint density at radius 2 is 1.82 bits per heavy atom. The lowest BCUT2D eigenvalue weighted by molar-refractivity contribution is -0.137. The molecule has 1 saturated heterocycles. The number of amides is 4. The van der Waals surface area contributed by atoms with Crippen LogP contribution in [0.15, 0.2) is 12.2 Å². The summed E-state index contributed by atoms with van der Waals surface area (Å²) in [7, 11) is 0. The molecule has 11 heteroatoms. The van der Waals surface area contributed by atoms with Crippen molar-refractivity contribution in [2.24, 2.45) is 11.8 Å². The SMILES string of the molecule is CCOC(=O)/C=C/[C@H](CC1CCNC1=O)NC(=O)[C@H](CC(C)C)NC(=O)[C@@H](NC(C)=O)C(C)O. The Morgan fingerprint density at radius 3 is 2.32 bits per heavy atom. The van der Waals surface area contributed by atoms with E-state index in [1.54, 1.807) is 6.92 Å². The number of hydrogen-bond acceptors (Lipinski definition) is 7. The van der Waals surface area contributed by atoms with Crippen molar-refractivity contribution in [3.63, 3.8) is 0 Å². The van der Waals surface area contributed by atoms with Crippen LogP contribution in [0.2, 0.25) is 0 Å². The summed E-state index contributed by atoms with van der Waals surface area (Å²) in [5.74, 6) is -2.67. The molecular weight excluding hydrogens is 444 g/mol. The maximum absolute atomic E-state index is 13.1. The minimum absolute atomic E-state index is 0.0379. The van der Waals surface area contributed by atoms with E-state index in [-0.39, 0.29) is 30.8 Å². The molecule has 0 aromatic carbocycles. The van der Waals surface area contributed by atoms with Crippen LogP contribution in [-0.2, 0) is 28.7 Å². The quantitative estimate of drug-likeness (QED) is 0.175. The van der Waals surface area contributed by atoms with Gasteiger partial charge in [-0.3, -0.25) is 19.2 Å². The zero-order valence-electron chi connectivity index (χ0n) is 20.6. The van der Waals surface area contributed by atoms with Crippen LogP contribution in [0.4, 0.5) is 0 Å². The van der Waals surface area contributed by atoms with Gasteiger partial charge in [0.05, 0.1) is 12.7 Å². The van der Waals surface area contributed by atoms with Gasteiger partial charge in [-0.2, -0.15) is 0 Å². The van der Waals surface area contributed by atoms with Crippen molar-refractivity contribution in [3.8, 4) is 0 Å². The van der Waals surface area contributed by atoms with Gasteiger partial charge in [0.25, 0.3) is 0 Å². The standard InChI is InChI=1S/C23H38N4O7/c1-6-34-19(30)8-7-17(12-16-9-10-24-21(16)31)26-22(32)18(11-13(2)3)27-23(33)20(14(4)28)25-15(5)29/h7-8,13-14,16-18,20,28H,6,9-12H2,1-5H3,(H,24,31)(H,25,29)(H,26,32)(H,27,33)/b8-7+/t14?,16?,17-,18+,20+/m1/s1. The molecule has 5 N–H and O–H groups in total. The molecule has 11 nitrogen and oxygen atoms in total. The van der Waals surface area contributed by atoms with Crippen molar-refractivity contribution in [3.05, 3.63) is 12.2 Å². The molecule has 1 rings (SSSR count). The van der Waals surface area contributed by atoms with E-state index in [1.807, 2.05) is 13.8 Å². The summed E-state index contributed by atoms with van der Waals surface area (Å²) in [6.07, 6.45) is 2.69. The first-order chi connectivity index (χ1) is 15.9. The second-order valence-corrected chi connectivity index (χ2v) is 8.85. The molecular formula is C23H38N4O7. The van der Waals surface area contributed by atoms with E-state index < -0.39 is 47.9 Å². The summed E-state index contributed by atoms with van der Waals surface area (Å²) >= 11 is 0. The van der Waals surface area contributed by atoms with Crippen molar-refractivity contribution < 1.29 is 33.8 Å². The number of esters is 1. The minimum Gasteiger partial charge on any atom is -0.463 e. The Labute approximate surface area is 200 Å². The Bertz CT molecular complexity index is 766. The molecule has 0 radical (unpaired) electrons. The molecule has 0 aromatic heterocycles. The van der Waals surface area contributed by atoms with Crippen molar-refractivity contribution in [1.82, 2.24) is 21.3 Å². The van der Waals surface area contributed by atoms with Crippen LogP contribution in [0, 0.1) is 11.8 Å². The third-order valence-electron chi connectivity index (χ3n) is 5.24. The average Bonchev–Trinajstić information content (AvgIpc) is 3.13. The number of nitrogens with one attached hydrogen (secondary N) is 4. The van der Waals surface area contributed by atoms with Gasteiger partial charge in [-0.1, -0.05) is 19.9 Å². The molecule has 192 valence electrons. The zero-order chi connectivity index (χ0) is 25.8. The molecule has 1 aliphatic rings. The van der Waals surface area contributed by atoms with E-state index in [0.29, 0.717) is 19.4 Å². The summed E-state index contributed by atoms with van der Waals surface area (Å²) in [4.78, 5) is 61.1. The summed E-state index contributed by atoms with van der Waals surface area (Å²) in [6.45, 7) is 8.77. The number of aliphatic hydroxyl groups excluding tert-OH is 1. The van der Waals surface area contributed by atoms with Crippen LogP contribution in [0.5, 0.6) is 0 Å². The highest BCUT2D eigenvalue weighted by Gasteiger charge is 2.32. The maximum Gasteiger partial charge on any atom is 0.330 e. The minimum atomic E-state index is -1.22. The van der Waals surface area contributed by atoms with Gasteiger partial charge in [-0.25, -0.2) is 4.79 Å². The summed E-state index contributed by atoms with van der Waals surface area (Å²) in [6, 6.07) is -2.83. The van der Waals surface area contributed by atoms with Gasteiger partial charge in [0, 0.05) is 31.5 Å². The molecule has 1 fully saturated rings. The molecule has 1 aliphatic heterocycles. The first-order valence-corrected chi connectivity index (χ1v) is 11.6. The summed E-state index contributed by atoms with van der Waals surface area (Å²) < 4.78 is 4.89. The highest BCUT2D eigenvalue weighted by molar-refractivity contribution is 5.92. The number of carbonyl (C=O) groups excluding carboxylic acids is 5. The van der Waals surface area contributed by atoms with Crippen molar-refractivity contribution in [2.75, 3.05) is 13.2 Å².